The second-order valence-corrected chi connectivity index (χ2v) is 20.7. The zero-order valence-electron chi connectivity index (χ0n) is 45.1. The summed E-state index contributed by atoms with van der Waals surface area (Å²) in [7, 11) is 0. The monoisotopic (exact) mass is 944 g/mol. The molecular weight excluding hydrogens is 827 g/mol. The van der Waals surface area contributed by atoms with Gasteiger partial charge in [-0.25, -0.2) is 0 Å². The Kier molecular flexibility index (Phi) is 55.5. The van der Waals surface area contributed by atoms with E-state index in [9.17, 15) is 19.8 Å². The van der Waals surface area contributed by atoms with E-state index in [1.807, 2.05) is 0 Å². The number of aliphatic hydroxyl groups is 2. The molecule has 67 heavy (non-hydrogen) atoms. The van der Waals surface area contributed by atoms with Crippen LogP contribution in [0.25, 0.3) is 0 Å². The molecule has 0 aliphatic heterocycles. The van der Waals surface area contributed by atoms with Gasteiger partial charge in [-0.3, -0.25) is 9.59 Å². The molecule has 0 aromatic rings. The average molecular weight is 945 g/mol. The van der Waals surface area contributed by atoms with Crippen molar-refractivity contribution in [3.05, 3.63) is 24.3 Å². The molecule has 0 saturated heterocycles. The molecule has 0 rings (SSSR count). The SMILES string of the molecule is CCCCCC/C=C\C/C=C\CCCCCCCCCC(=O)OCCCCCCCCCCCCCCCCCCCCCCCC(=O)NC(CO)C(O)CCCCCCCCCCCCC. The molecule has 6 nitrogen and oxygen atoms in total. The van der Waals surface area contributed by atoms with Crippen molar-refractivity contribution >= 4 is 11.9 Å². The van der Waals surface area contributed by atoms with Gasteiger partial charge >= 0.3 is 5.97 Å². The van der Waals surface area contributed by atoms with Crippen molar-refractivity contribution < 1.29 is 24.5 Å². The molecule has 0 aromatic carbocycles. The fourth-order valence-electron chi connectivity index (χ4n) is 9.38. The molecule has 1 amide bonds. The van der Waals surface area contributed by atoms with Crippen molar-refractivity contribution in [2.24, 2.45) is 0 Å². The third-order valence-corrected chi connectivity index (χ3v) is 14.0. The molecule has 0 radical (unpaired) electrons. The molecule has 0 fully saturated rings. The van der Waals surface area contributed by atoms with Crippen LogP contribution in [0.5, 0.6) is 0 Å². The molecule has 0 aliphatic carbocycles. The predicted octanol–water partition coefficient (Wildman–Crippen LogP) is 18.6. The predicted molar refractivity (Wildman–Crippen MR) is 292 cm³/mol. The summed E-state index contributed by atoms with van der Waals surface area (Å²) < 4.78 is 5.49. The van der Waals surface area contributed by atoms with Gasteiger partial charge < -0.3 is 20.3 Å². The van der Waals surface area contributed by atoms with Crippen LogP contribution in [0.2, 0.25) is 0 Å². The second-order valence-electron chi connectivity index (χ2n) is 20.7. The molecular formula is C61H117NO5. The van der Waals surface area contributed by atoms with Crippen molar-refractivity contribution in [1.29, 1.82) is 0 Å². The number of rotatable bonds is 56. The first-order chi connectivity index (χ1) is 33.0. The third-order valence-electron chi connectivity index (χ3n) is 14.0. The van der Waals surface area contributed by atoms with E-state index < -0.39 is 12.1 Å². The molecule has 2 unspecified atom stereocenters. The van der Waals surface area contributed by atoms with E-state index >= 15 is 0 Å². The lowest BCUT2D eigenvalue weighted by molar-refractivity contribution is -0.143. The molecule has 396 valence electrons. The number of esters is 1. The van der Waals surface area contributed by atoms with E-state index in [1.165, 1.54) is 244 Å². The highest BCUT2D eigenvalue weighted by Crippen LogP contribution is 2.18. The number of hydrogen-bond donors (Lipinski definition) is 3. The van der Waals surface area contributed by atoms with E-state index in [0.29, 0.717) is 25.9 Å². The summed E-state index contributed by atoms with van der Waals surface area (Å²) >= 11 is 0. The van der Waals surface area contributed by atoms with E-state index in [0.717, 1.165) is 51.4 Å². The van der Waals surface area contributed by atoms with Gasteiger partial charge in [-0.05, 0) is 57.8 Å². The summed E-state index contributed by atoms with van der Waals surface area (Å²) in [5, 5.41) is 23.2. The average Bonchev–Trinajstić information content (AvgIpc) is 3.33. The van der Waals surface area contributed by atoms with Crippen molar-refractivity contribution in [3.63, 3.8) is 0 Å². The van der Waals surface area contributed by atoms with Crippen molar-refractivity contribution in [2.75, 3.05) is 13.2 Å². The van der Waals surface area contributed by atoms with Crippen molar-refractivity contribution in [1.82, 2.24) is 5.32 Å². The molecule has 0 aromatic heterocycles. The summed E-state index contributed by atoms with van der Waals surface area (Å²) in [5.41, 5.74) is 0. The zero-order chi connectivity index (χ0) is 48.6. The Morgan fingerprint density at radius 1 is 0.418 bits per heavy atom. The normalized spacial score (nSPS) is 12.7. The van der Waals surface area contributed by atoms with Crippen LogP contribution >= 0.6 is 0 Å². The van der Waals surface area contributed by atoms with Crippen LogP contribution in [-0.4, -0.2) is 47.4 Å². The van der Waals surface area contributed by atoms with Crippen LogP contribution in [0.3, 0.4) is 0 Å². The van der Waals surface area contributed by atoms with Crippen molar-refractivity contribution in [2.45, 2.75) is 341 Å². The molecule has 0 heterocycles. The Morgan fingerprint density at radius 2 is 0.746 bits per heavy atom. The van der Waals surface area contributed by atoms with Gasteiger partial charge in [0.25, 0.3) is 0 Å². The smallest absolute Gasteiger partial charge is 0.305 e. The quantitative estimate of drug-likeness (QED) is 0.0321. The Morgan fingerprint density at radius 3 is 1.15 bits per heavy atom. The van der Waals surface area contributed by atoms with Gasteiger partial charge in [0, 0.05) is 12.8 Å². The second kappa shape index (κ2) is 56.9. The minimum absolute atomic E-state index is 0.00489. The number of ether oxygens (including phenoxy) is 1. The van der Waals surface area contributed by atoms with Crippen LogP contribution in [0, 0.1) is 0 Å². The number of unbranched alkanes of at least 4 members (excludes halogenated alkanes) is 41. The number of allylic oxidation sites excluding steroid dienone is 4. The van der Waals surface area contributed by atoms with Crippen LogP contribution in [0.4, 0.5) is 0 Å². The maximum Gasteiger partial charge on any atom is 0.305 e. The van der Waals surface area contributed by atoms with Crippen LogP contribution in [-0.2, 0) is 14.3 Å². The first-order valence-corrected chi connectivity index (χ1v) is 30.1. The van der Waals surface area contributed by atoms with Gasteiger partial charge in [-0.15, -0.1) is 0 Å². The fourth-order valence-corrected chi connectivity index (χ4v) is 9.38. The van der Waals surface area contributed by atoms with Crippen LogP contribution in [0.1, 0.15) is 328 Å². The Balaban J connectivity index is 3.36. The minimum Gasteiger partial charge on any atom is -0.466 e. The first-order valence-electron chi connectivity index (χ1n) is 30.1. The standard InChI is InChI=1S/C61H117NO5/c1-3-5-7-9-11-13-15-16-17-18-25-28-31-35-39-43-47-51-55-61(66)67-56-52-48-44-40-36-32-29-26-23-21-19-20-22-24-27-30-34-38-42-46-50-54-60(65)62-58(57-63)59(64)53-49-45-41-37-33-14-12-10-8-6-4-2/h13,15,17-18,58-59,63-64H,3-12,14,16,19-57H2,1-2H3,(H,62,65)/b15-13-,18-17-. The molecule has 6 heteroatoms. The zero-order valence-corrected chi connectivity index (χ0v) is 45.1. The van der Waals surface area contributed by atoms with Gasteiger partial charge in [0.15, 0.2) is 0 Å². The van der Waals surface area contributed by atoms with Gasteiger partial charge in [-0.2, -0.15) is 0 Å². The number of carbonyl (C=O) groups excluding carboxylic acids is 2. The summed E-state index contributed by atoms with van der Waals surface area (Å²) in [6, 6.07) is -0.541. The summed E-state index contributed by atoms with van der Waals surface area (Å²) in [5.74, 6) is -0.0313. The van der Waals surface area contributed by atoms with E-state index in [1.54, 1.807) is 0 Å². The molecule has 0 aliphatic rings. The molecule has 0 bridgehead atoms. The molecule has 3 N–H and O–H groups in total. The van der Waals surface area contributed by atoms with Crippen molar-refractivity contribution in [3.8, 4) is 0 Å². The fraction of sp³-hybridized carbons (Fsp3) is 0.902. The highest BCUT2D eigenvalue weighted by molar-refractivity contribution is 5.76. The van der Waals surface area contributed by atoms with E-state index in [2.05, 4.69) is 43.5 Å². The Labute approximate surface area is 418 Å². The van der Waals surface area contributed by atoms with Gasteiger partial charge in [0.2, 0.25) is 5.91 Å². The van der Waals surface area contributed by atoms with Gasteiger partial charge in [-0.1, -0.05) is 282 Å². The Hall–Kier alpha value is -1.66. The summed E-state index contributed by atoms with van der Waals surface area (Å²) in [6.07, 6.45) is 68.9. The maximum atomic E-state index is 12.4. The molecule has 0 saturated carbocycles. The lowest BCUT2D eigenvalue weighted by Gasteiger charge is -2.22. The highest BCUT2D eigenvalue weighted by atomic mass is 16.5. The van der Waals surface area contributed by atoms with Gasteiger partial charge in [0.05, 0.1) is 25.4 Å². The third kappa shape index (κ3) is 53.5. The number of amides is 1. The number of hydrogen-bond acceptors (Lipinski definition) is 5. The number of carbonyl (C=O) groups is 2. The molecule has 2 atom stereocenters. The topological polar surface area (TPSA) is 95.9 Å². The minimum atomic E-state index is -0.663. The Bertz CT molecular complexity index is 1040. The lowest BCUT2D eigenvalue weighted by Crippen LogP contribution is -2.45. The van der Waals surface area contributed by atoms with Gasteiger partial charge in [0.1, 0.15) is 0 Å². The number of nitrogens with one attached hydrogen (secondary N) is 1. The van der Waals surface area contributed by atoms with E-state index in [4.69, 9.17) is 4.74 Å². The van der Waals surface area contributed by atoms with Crippen LogP contribution in [0.15, 0.2) is 24.3 Å². The van der Waals surface area contributed by atoms with E-state index in [-0.39, 0.29) is 18.5 Å². The highest BCUT2D eigenvalue weighted by Gasteiger charge is 2.20. The molecule has 0 spiro atoms. The maximum absolute atomic E-state index is 12.4. The lowest BCUT2D eigenvalue weighted by atomic mass is 10.0. The van der Waals surface area contributed by atoms with Crippen LogP contribution < -0.4 is 5.32 Å². The largest absolute Gasteiger partial charge is 0.466 e. The summed E-state index contributed by atoms with van der Waals surface area (Å²) in [4.78, 5) is 24.5. The summed E-state index contributed by atoms with van der Waals surface area (Å²) in [6.45, 7) is 4.93. The number of aliphatic hydroxyl groups excluding tert-OH is 2. The first kappa shape index (κ1) is 65.3.